The molecule has 2 aromatic heterocycles. The predicted octanol–water partition coefficient (Wildman–Crippen LogP) is 1.81. The van der Waals surface area contributed by atoms with Crippen LogP contribution < -0.4 is 5.32 Å². The van der Waals surface area contributed by atoms with E-state index in [1.807, 2.05) is 30.5 Å². The van der Waals surface area contributed by atoms with E-state index in [1.54, 1.807) is 17.1 Å². The Kier molecular flexibility index (Phi) is 4.43. The van der Waals surface area contributed by atoms with Crippen LogP contribution in [-0.2, 0) is 22.5 Å². The number of benzene rings is 1. The van der Waals surface area contributed by atoms with E-state index in [9.17, 15) is 4.79 Å². The molecule has 0 saturated carbocycles. The molecular weight excluding hydrogens is 316 g/mol. The van der Waals surface area contributed by atoms with Crippen molar-refractivity contribution in [2.75, 3.05) is 13.2 Å². The van der Waals surface area contributed by atoms with Crippen molar-refractivity contribution in [1.29, 1.82) is 0 Å². The predicted molar refractivity (Wildman–Crippen MR) is 93.9 cm³/mol. The lowest BCUT2D eigenvalue weighted by Crippen LogP contribution is -2.42. The number of carbonyl (C=O) groups is 1. The molecule has 6 nitrogen and oxygen atoms in total. The molecule has 0 unspecified atom stereocenters. The Hall–Kier alpha value is -2.73. The van der Waals surface area contributed by atoms with Gasteiger partial charge in [-0.3, -0.25) is 14.5 Å². The highest BCUT2D eigenvalue weighted by Crippen LogP contribution is 2.24. The van der Waals surface area contributed by atoms with Crippen LogP contribution in [0.2, 0.25) is 0 Å². The van der Waals surface area contributed by atoms with Crippen LogP contribution >= 0.6 is 0 Å². The molecule has 0 radical (unpaired) electrons. The third-order valence-electron chi connectivity index (χ3n) is 4.63. The molecule has 6 heteroatoms. The zero-order valence-electron chi connectivity index (χ0n) is 13.8. The molecule has 3 heterocycles. The highest BCUT2D eigenvalue weighted by molar-refractivity contribution is 5.81. The van der Waals surface area contributed by atoms with Crippen molar-refractivity contribution in [3.8, 4) is 0 Å². The maximum atomic E-state index is 12.2. The summed E-state index contributed by atoms with van der Waals surface area (Å²) in [5.41, 5.74) is 2.24. The number of ether oxygens (including phenoxy) is 1. The second-order valence-electron chi connectivity index (χ2n) is 6.37. The average Bonchev–Trinajstić information content (AvgIpc) is 3.28. The normalized spacial score (nSPS) is 20.0. The SMILES string of the molecule is O=C(Cn1cccn1)N[C@H]1COC[C@H]1Cc1ccnc2ccccc12. The molecule has 1 aromatic carbocycles. The largest absolute Gasteiger partial charge is 0.379 e. The van der Waals surface area contributed by atoms with Gasteiger partial charge in [0.05, 0.1) is 24.8 Å². The highest BCUT2D eigenvalue weighted by atomic mass is 16.5. The van der Waals surface area contributed by atoms with Gasteiger partial charge in [0.2, 0.25) is 5.91 Å². The van der Waals surface area contributed by atoms with Gasteiger partial charge in [-0.05, 0) is 30.2 Å². The summed E-state index contributed by atoms with van der Waals surface area (Å²) >= 11 is 0. The minimum absolute atomic E-state index is 0.0231. The number of pyridine rings is 1. The fraction of sp³-hybridized carbons (Fsp3) is 0.316. The van der Waals surface area contributed by atoms with Crippen molar-refractivity contribution >= 4 is 16.8 Å². The number of para-hydroxylation sites is 1. The van der Waals surface area contributed by atoms with Crippen molar-refractivity contribution in [3.05, 3.63) is 60.6 Å². The van der Waals surface area contributed by atoms with Crippen LogP contribution in [0.15, 0.2) is 55.0 Å². The summed E-state index contributed by atoms with van der Waals surface area (Å²) < 4.78 is 7.26. The van der Waals surface area contributed by atoms with Crippen LogP contribution in [0.5, 0.6) is 0 Å². The molecular formula is C19H20N4O2. The van der Waals surface area contributed by atoms with Crippen LogP contribution in [0, 0.1) is 5.92 Å². The molecule has 2 atom stereocenters. The molecule has 128 valence electrons. The smallest absolute Gasteiger partial charge is 0.242 e. The van der Waals surface area contributed by atoms with Crippen LogP contribution in [0.25, 0.3) is 10.9 Å². The van der Waals surface area contributed by atoms with Gasteiger partial charge in [0, 0.05) is 29.9 Å². The van der Waals surface area contributed by atoms with Crippen molar-refractivity contribution in [2.24, 2.45) is 5.92 Å². The minimum atomic E-state index is -0.0382. The monoisotopic (exact) mass is 336 g/mol. The third kappa shape index (κ3) is 3.53. The molecule has 1 aliphatic heterocycles. The van der Waals surface area contributed by atoms with Gasteiger partial charge in [-0.25, -0.2) is 0 Å². The number of amides is 1. The van der Waals surface area contributed by atoms with Crippen molar-refractivity contribution in [2.45, 2.75) is 19.0 Å². The summed E-state index contributed by atoms with van der Waals surface area (Å²) in [6.45, 7) is 1.44. The minimum Gasteiger partial charge on any atom is -0.379 e. The van der Waals surface area contributed by atoms with Gasteiger partial charge >= 0.3 is 0 Å². The van der Waals surface area contributed by atoms with Crippen molar-refractivity contribution in [3.63, 3.8) is 0 Å². The zero-order valence-corrected chi connectivity index (χ0v) is 13.8. The summed E-state index contributed by atoms with van der Waals surface area (Å²) in [6.07, 6.45) is 6.16. The lowest BCUT2D eigenvalue weighted by atomic mass is 9.93. The molecule has 0 bridgehead atoms. The van der Waals surface area contributed by atoms with Crippen LogP contribution in [0.1, 0.15) is 5.56 Å². The third-order valence-corrected chi connectivity index (χ3v) is 4.63. The number of hydrogen-bond acceptors (Lipinski definition) is 4. The average molecular weight is 336 g/mol. The van der Waals surface area contributed by atoms with E-state index in [-0.39, 0.29) is 24.4 Å². The molecule has 1 amide bonds. The van der Waals surface area contributed by atoms with Crippen LogP contribution in [0.3, 0.4) is 0 Å². The second kappa shape index (κ2) is 7.03. The number of rotatable bonds is 5. The number of fused-ring (bicyclic) bond motifs is 1. The Morgan fingerprint density at radius 1 is 1.20 bits per heavy atom. The van der Waals surface area contributed by atoms with Gasteiger partial charge in [0.1, 0.15) is 6.54 Å². The number of hydrogen-bond donors (Lipinski definition) is 1. The summed E-state index contributed by atoms with van der Waals surface area (Å²) in [5.74, 6) is 0.219. The molecule has 0 aliphatic carbocycles. The molecule has 1 fully saturated rings. The van der Waals surface area contributed by atoms with E-state index in [0.717, 1.165) is 11.9 Å². The van der Waals surface area contributed by atoms with Gasteiger partial charge in [-0.15, -0.1) is 0 Å². The number of nitrogens with one attached hydrogen (secondary N) is 1. The van der Waals surface area contributed by atoms with Crippen molar-refractivity contribution in [1.82, 2.24) is 20.1 Å². The molecule has 4 rings (SSSR count). The Morgan fingerprint density at radius 3 is 3.00 bits per heavy atom. The summed E-state index contributed by atoms with van der Waals surface area (Å²) in [6, 6.07) is 12.0. The number of carbonyl (C=O) groups excluding carboxylic acids is 1. The quantitative estimate of drug-likeness (QED) is 0.771. The summed E-state index contributed by atoms with van der Waals surface area (Å²) in [4.78, 5) is 16.7. The Morgan fingerprint density at radius 2 is 2.12 bits per heavy atom. The van der Waals surface area contributed by atoms with Gasteiger partial charge in [-0.2, -0.15) is 5.10 Å². The van der Waals surface area contributed by atoms with Crippen molar-refractivity contribution < 1.29 is 9.53 Å². The molecule has 25 heavy (non-hydrogen) atoms. The van der Waals surface area contributed by atoms with Gasteiger partial charge in [-0.1, -0.05) is 18.2 Å². The summed E-state index contributed by atoms with van der Waals surface area (Å²) in [7, 11) is 0. The Labute approximate surface area is 145 Å². The lowest BCUT2D eigenvalue weighted by Gasteiger charge is -2.20. The first-order chi connectivity index (χ1) is 12.3. The fourth-order valence-electron chi connectivity index (χ4n) is 3.37. The first-order valence-electron chi connectivity index (χ1n) is 8.47. The fourth-order valence-corrected chi connectivity index (χ4v) is 3.37. The van der Waals surface area contributed by atoms with E-state index in [2.05, 4.69) is 27.5 Å². The van der Waals surface area contributed by atoms with Gasteiger partial charge in [0.15, 0.2) is 0 Å². The molecule has 1 N–H and O–H groups in total. The Bertz CT molecular complexity index is 858. The van der Waals surface area contributed by atoms with Crippen LogP contribution in [-0.4, -0.2) is 39.9 Å². The van der Waals surface area contributed by atoms with Crippen LogP contribution in [0.4, 0.5) is 0 Å². The number of nitrogens with zero attached hydrogens (tertiary/aromatic N) is 3. The van der Waals surface area contributed by atoms with Gasteiger partial charge in [0.25, 0.3) is 0 Å². The lowest BCUT2D eigenvalue weighted by molar-refractivity contribution is -0.122. The van der Waals surface area contributed by atoms with E-state index in [1.165, 1.54) is 10.9 Å². The van der Waals surface area contributed by atoms with E-state index >= 15 is 0 Å². The summed E-state index contributed by atoms with van der Waals surface area (Å²) in [5, 5.41) is 8.33. The Balaban J connectivity index is 1.45. The molecule has 0 spiro atoms. The van der Waals surface area contributed by atoms with E-state index < -0.39 is 0 Å². The molecule has 1 aliphatic rings. The highest BCUT2D eigenvalue weighted by Gasteiger charge is 2.30. The maximum Gasteiger partial charge on any atom is 0.242 e. The topological polar surface area (TPSA) is 69.0 Å². The molecule has 3 aromatic rings. The second-order valence-corrected chi connectivity index (χ2v) is 6.37. The van der Waals surface area contributed by atoms with E-state index in [4.69, 9.17) is 4.74 Å². The molecule has 1 saturated heterocycles. The van der Waals surface area contributed by atoms with E-state index in [0.29, 0.717) is 13.2 Å². The zero-order chi connectivity index (χ0) is 17.1. The standard InChI is InChI=1S/C19H20N4O2/c24-19(11-23-9-3-7-21-23)22-18-13-25-12-15(18)10-14-6-8-20-17-5-2-1-4-16(14)17/h1-9,15,18H,10-13H2,(H,22,24)/t15-,18+/m1/s1. The number of aromatic nitrogens is 3. The maximum absolute atomic E-state index is 12.2. The van der Waals surface area contributed by atoms with Gasteiger partial charge < -0.3 is 10.1 Å². The first kappa shape index (κ1) is 15.8. The first-order valence-corrected chi connectivity index (χ1v) is 8.47.